The smallest absolute Gasteiger partial charge is 0.0533 e. The third kappa shape index (κ3) is 3.44. The lowest BCUT2D eigenvalue weighted by Gasteiger charge is -2.30. The van der Waals surface area contributed by atoms with E-state index in [0.29, 0.717) is 0 Å². The van der Waals surface area contributed by atoms with Crippen molar-refractivity contribution in [1.29, 1.82) is 0 Å². The van der Waals surface area contributed by atoms with Crippen molar-refractivity contribution in [2.75, 3.05) is 13.2 Å². The van der Waals surface area contributed by atoms with Gasteiger partial charge in [0.15, 0.2) is 0 Å². The fraction of sp³-hybridized carbons (Fsp3) is 1.00. The molecule has 0 fully saturated rings. The Kier molecular flexibility index (Phi) is 5.11. The quantitative estimate of drug-likeness (QED) is 0.588. The van der Waals surface area contributed by atoms with Gasteiger partial charge in [-0.15, -0.1) is 11.6 Å². The van der Waals surface area contributed by atoms with Gasteiger partial charge in [0.2, 0.25) is 0 Å². The van der Waals surface area contributed by atoms with Crippen molar-refractivity contribution in [2.45, 2.75) is 39.5 Å². The molecule has 0 aromatic carbocycles. The highest BCUT2D eigenvalue weighted by Crippen LogP contribution is 2.29. The predicted octanol–water partition coefficient (Wildman–Crippen LogP) is 3.07. The number of ether oxygens (including phenoxy) is 1. The number of alkyl halides is 1. The zero-order chi connectivity index (χ0) is 8.91. The average Bonchev–Trinajstić information content (AvgIpc) is 2.00. The van der Waals surface area contributed by atoms with Crippen molar-refractivity contribution in [2.24, 2.45) is 5.41 Å². The second-order valence-corrected chi connectivity index (χ2v) is 3.92. The van der Waals surface area contributed by atoms with Gasteiger partial charge in [0.25, 0.3) is 0 Å². The SMILES string of the molecule is CCOCC(C)(CC)[C@H](C)Cl. The van der Waals surface area contributed by atoms with Crippen LogP contribution in [-0.4, -0.2) is 18.6 Å². The van der Waals surface area contributed by atoms with E-state index in [9.17, 15) is 0 Å². The normalized spacial score (nSPS) is 19.4. The molecule has 0 aromatic rings. The van der Waals surface area contributed by atoms with E-state index in [2.05, 4.69) is 13.8 Å². The van der Waals surface area contributed by atoms with Crippen molar-refractivity contribution >= 4 is 11.6 Å². The first-order valence-electron chi connectivity index (χ1n) is 4.28. The fourth-order valence-corrected chi connectivity index (χ4v) is 1.05. The summed E-state index contributed by atoms with van der Waals surface area (Å²) in [6, 6.07) is 0. The molecule has 2 atom stereocenters. The third-order valence-corrected chi connectivity index (χ3v) is 2.93. The molecule has 0 aromatic heterocycles. The topological polar surface area (TPSA) is 9.23 Å². The zero-order valence-electron chi connectivity index (χ0n) is 7.98. The number of rotatable bonds is 5. The Labute approximate surface area is 75.1 Å². The number of hydrogen-bond donors (Lipinski definition) is 0. The van der Waals surface area contributed by atoms with Gasteiger partial charge in [-0.05, 0) is 20.3 Å². The Balaban J connectivity index is 3.88. The molecule has 0 spiro atoms. The van der Waals surface area contributed by atoms with Crippen LogP contribution in [0.5, 0.6) is 0 Å². The van der Waals surface area contributed by atoms with Gasteiger partial charge < -0.3 is 4.74 Å². The molecule has 0 heterocycles. The summed E-state index contributed by atoms with van der Waals surface area (Å²) in [6.07, 6.45) is 1.07. The maximum Gasteiger partial charge on any atom is 0.0533 e. The molecular formula is C9H19ClO. The van der Waals surface area contributed by atoms with Gasteiger partial charge in [0, 0.05) is 17.4 Å². The molecule has 11 heavy (non-hydrogen) atoms. The van der Waals surface area contributed by atoms with Crippen LogP contribution in [0.3, 0.4) is 0 Å². The first kappa shape index (κ1) is 11.2. The highest BCUT2D eigenvalue weighted by Gasteiger charge is 2.27. The van der Waals surface area contributed by atoms with Crippen LogP contribution in [0.1, 0.15) is 34.1 Å². The van der Waals surface area contributed by atoms with Crippen LogP contribution in [0.15, 0.2) is 0 Å². The van der Waals surface area contributed by atoms with Crippen LogP contribution in [-0.2, 0) is 4.74 Å². The third-order valence-electron chi connectivity index (χ3n) is 2.40. The van der Waals surface area contributed by atoms with Gasteiger partial charge in [-0.3, -0.25) is 0 Å². The lowest BCUT2D eigenvalue weighted by Crippen LogP contribution is -2.30. The van der Waals surface area contributed by atoms with Crippen LogP contribution < -0.4 is 0 Å². The minimum absolute atomic E-state index is 0.136. The lowest BCUT2D eigenvalue weighted by molar-refractivity contribution is 0.0582. The van der Waals surface area contributed by atoms with E-state index in [1.807, 2.05) is 13.8 Å². The summed E-state index contributed by atoms with van der Waals surface area (Å²) in [5, 5.41) is 0.180. The molecule has 0 saturated carbocycles. The number of hydrogen-bond acceptors (Lipinski definition) is 1. The molecule has 0 aliphatic rings. The summed E-state index contributed by atoms with van der Waals surface area (Å²) in [5.41, 5.74) is 0.136. The molecule has 0 amide bonds. The molecule has 68 valence electrons. The summed E-state index contributed by atoms with van der Waals surface area (Å²) >= 11 is 6.04. The van der Waals surface area contributed by atoms with Crippen molar-refractivity contribution in [3.63, 3.8) is 0 Å². The van der Waals surface area contributed by atoms with Crippen molar-refractivity contribution in [3.05, 3.63) is 0 Å². The zero-order valence-corrected chi connectivity index (χ0v) is 8.74. The maximum atomic E-state index is 6.04. The molecule has 0 rings (SSSR count). The molecule has 1 unspecified atom stereocenters. The fourth-order valence-electron chi connectivity index (χ4n) is 0.833. The lowest BCUT2D eigenvalue weighted by atomic mass is 9.85. The van der Waals surface area contributed by atoms with Crippen molar-refractivity contribution < 1.29 is 4.74 Å². The van der Waals surface area contributed by atoms with E-state index in [0.717, 1.165) is 19.6 Å². The Hall–Kier alpha value is 0.250. The Morgan fingerprint density at radius 1 is 1.45 bits per heavy atom. The second-order valence-electron chi connectivity index (χ2n) is 3.26. The Morgan fingerprint density at radius 3 is 2.27 bits per heavy atom. The highest BCUT2D eigenvalue weighted by molar-refractivity contribution is 6.20. The molecule has 0 saturated heterocycles. The summed E-state index contributed by atoms with van der Waals surface area (Å²) in [6.45, 7) is 9.90. The first-order chi connectivity index (χ1) is 5.06. The maximum absolute atomic E-state index is 6.04. The predicted molar refractivity (Wildman–Crippen MR) is 50.2 cm³/mol. The summed E-state index contributed by atoms with van der Waals surface area (Å²) < 4.78 is 5.37. The van der Waals surface area contributed by atoms with E-state index < -0.39 is 0 Å². The van der Waals surface area contributed by atoms with Crippen LogP contribution in [0.25, 0.3) is 0 Å². The van der Waals surface area contributed by atoms with Crippen molar-refractivity contribution in [3.8, 4) is 0 Å². The largest absolute Gasteiger partial charge is 0.381 e. The van der Waals surface area contributed by atoms with Crippen LogP contribution in [0.4, 0.5) is 0 Å². The summed E-state index contributed by atoms with van der Waals surface area (Å²) in [7, 11) is 0. The van der Waals surface area contributed by atoms with Crippen molar-refractivity contribution in [1.82, 2.24) is 0 Å². The monoisotopic (exact) mass is 178 g/mol. The van der Waals surface area contributed by atoms with Gasteiger partial charge in [-0.25, -0.2) is 0 Å². The Bertz CT molecular complexity index is 104. The minimum Gasteiger partial charge on any atom is -0.381 e. The molecule has 0 N–H and O–H groups in total. The second kappa shape index (κ2) is 5.00. The van der Waals surface area contributed by atoms with E-state index in [1.165, 1.54) is 0 Å². The van der Waals surface area contributed by atoms with E-state index in [1.54, 1.807) is 0 Å². The molecule has 0 aliphatic heterocycles. The molecule has 1 nitrogen and oxygen atoms in total. The van der Waals surface area contributed by atoms with Gasteiger partial charge in [-0.2, -0.15) is 0 Å². The standard InChI is InChI=1S/C9H19ClO/c1-5-9(4,8(3)10)7-11-6-2/h8H,5-7H2,1-4H3/t8-,9?/m0/s1. The molecule has 0 aliphatic carbocycles. The number of halogens is 1. The van der Waals surface area contributed by atoms with Gasteiger partial charge >= 0.3 is 0 Å². The molecular weight excluding hydrogens is 160 g/mol. The van der Waals surface area contributed by atoms with Crippen LogP contribution >= 0.6 is 11.6 Å². The molecule has 0 bridgehead atoms. The van der Waals surface area contributed by atoms with Gasteiger partial charge in [-0.1, -0.05) is 13.8 Å². The molecule has 2 heteroatoms. The van der Waals surface area contributed by atoms with Gasteiger partial charge in [0.05, 0.1) is 6.61 Å². The van der Waals surface area contributed by atoms with Crippen LogP contribution in [0, 0.1) is 5.41 Å². The van der Waals surface area contributed by atoms with E-state index in [4.69, 9.17) is 16.3 Å². The highest BCUT2D eigenvalue weighted by atomic mass is 35.5. The van der Waals surface area contributed by atoms with Gasteiger partial charge in [0.1, 0.15) is 0 Å². The molecule has 0 radical (unpaired) electrons. The average molecular weight is 179 g/mol. The van der Waals surface area contributed by atoms with Crippen LogP contribution in [0.2, 0.25) is 0 Å². The summed E-state index contributed by atoms with van der Waals surface area (Å²) in [5.74, 6) is 0. The summed E-state index contributed by atoms with van der Waals surface area (Å²) in [4.78, 5) is 0. The Morgan fingerprint density at radius 2 is 2.00 bits per heavy atom. The first-order valence-corrected chi connectivity index (χ1v) is 4.72. The van der Waals surface area contributed by atoms with E-state index in [-0.39, 0.29) is 10.8 Å². The minimum atomic E-state index is 0.136. The van der Waals surface area contributed by atoms with E-state index >= 15 is 0 Å².